The Morgan fingerprint density at radius 2 is 1.89 bits per heavy atom. The van der Waals surface area contributed by atoms with Gasteiger partial charge in [-0.3, -0.25) is 0 Å². The first-order valence-corrected chi connectivity index (χ1v) is 7.02. The molecule has 0 fully saturated rings. The molecule has 0 heterocycles. The van der Waals surface area contributed by atoms with Crippen LogP contribution in [-0.2, 0) is 5.41 Å². The van der Waals surface area contributed by atoms with Gasteiger partial charge in [0, 0.05) is 23.0 Å². The fourth-order valence-electron chi connectivity index (χ4n) is 2.30. The monoisotopic (exact) mass is 271 g/mol. The Bertz CT molecular complexity index is 386. The molecule has 102 valence electrons. The third-order valence-electron chi connectivity index (χ3n) is 3.70. The minimum atomic E-state index is -0.276. The van der Waals surface area contributed by atoms with Gasteiger partial charge in [0.15, 0.2) is 0 Å². The molecule has 0 saturated heterocycles. The average Bonchev–Trinajstić information content (AvgIpc) is 2.32. The lowest BCUT2D eigenvalue weighted by Gasteiger charge is -2.34. The highest BCUT2D eigenvalue weighted by atomic mass is 35.5. The summed E-state index contributed by atoms with van der Waals surface area (Å²) in [7, 11) is 0. The molecule has 1 N–H and O–H groups in total. The van der Waals surface area contributed by atoms with Crippen LogP contribution in [-0.4, -0.2) is 12.6 Å². The third kappa shape index (κ3) is 3.46. The van der Waals surface area contributed by atoms with Crippen LogP contribution in [0.15, 0.2) is 18.2 Å². The smallest absolute Gasteiger partial charge is 0.124 e. The van der Waals surface area contributed by atoms with Crippen LogP contribution in [0.1, 0.15) is 46.1 Å². The lowest BCUT2D eigenvalue weighted by atomic mass is 9.75. The molecule has 0 radical (unpaired) electrons. The molecule has 0 aliphatic rings. The van der Waals surface area contributed by atoms with Gasteiger partial charge in [0.25, 0.3) is 0 Å². The van der Waals surface area contributed by atoms with Crippen molar-refractivity contribution in [1.82, 2.24) is 5.32 Å². The first-order chi connectivity index (χ1) is 8.45. The van der Waals surface area contributed by atoms with Crippen LogP contribution in [0, 0.1) is 5.82 Å². The van der Waals surface area contributed by atoms with Gasteiger partial charge in [-0.2, -0.15) is 0 Å². The number of hydrogen-bond acceptors (Lipinski definition) is 1. The van der Waals surface area contributed by atoms with E-state index in [4.69, 9.17) is 11.6 Å². The molecular weight excluding hydrogens is 249 g/mol. The molecule has 0 atom stereocenters. The molecule has 0 unspecified atom stereocenters. The standard InChI is InChI=1S/C15H23ClFN/c1-5-15(6-2,10-18-11(3)4)13-8-7-12(17)9-14(13)16/h7-9,11,18H,5-6,10H2,1-4H3. The maximum Gasteiger partial charge on any atom is 0.124 e. The molecule has 0 spiro atoms. The van der Waals surface area contributed by atoms with Gasteiger partial charge in [-0.15, -0.1) is 0 Å². The van der Waals surface area contributed by atoms with E-state index < -0.39 is 0 Å². The lowest BCUT2D eigenvalue weighted by molar-refractivity contribution is 0.354. The topological polar surface area (TPSA) is 12.0 Å². The van der Waals surface area contributed by atoms with Gasteiger partial charge in [0.1, 0.15) is 5.82 Å². The summed E-state index contributed by atoms with van der Waals surface area (Å²) in [6.45, 7) is 9.43. The highest BCUT2D eigenvalue weighted by Gasteiger charge is 2.30. The number of benzene rings is 1. The Hall–Kier alpha value is -0.600. The van der Waals surface area contributed by atoms with Crippen molar-refractivity contribution in [3.63, 3.8) is 0 Å². The van der Waals surface area contributed by atoms with Gasteiger partial charge in [-0.05, 0) is 30.5 Å². The second kappa shape index (κ2) is 6.53. The van der Waals surface area contributed by atoms with Crippen LogP contribution in [0.25, 0.3) is 0 Å². The molecule has 0 bridgehead atoms. The summed E-state index contributed by atoms with van der Waals surface area (Å²) in [5, 5.41) is 4.01. The number of rotatable bonds is 6. The van der Waals surface area contributed by atoms with E-state index in [9.17, 15) is 4.39 Å². The van der Waals surface area contributed by atoms with Crippen molar-refractivity contribution in [3.05, 3.63) is 34.6 Å². The lowest BCUT2D eigenvalue weighted by Crippen LogP contribution is -2.40. The van der Waals surface area contributed by atoms with Crippen molar-refractivity contribution in [2.24, 2.45) is 0 Å². The van der Waals surface area contributed by atoms with Crippen LogP contribution < -0.4 is 5.32 Å². The van der Waals surface area contributed by atoms with Gasteiger partial charge in [0.2, 0.25) is 0 Å². The minimum Gasteiger partial charge on any atom is -0.314 e. The molecule has 0 amide bonds. The first-order valence-electron chi connectivity index (χ1n) is 6.64. The molecule has 1 nitrogen and oxygen atoms in total. The predicted octanol–water partition coefficient (Wildman–Crippen LogP) is 4.53. The zero-order valence-corrected chi connectivity index (χ0v) is 12.4. The van der Waals surface area contributed by atoms with Gasteiger partial charge in [-0.25, -0.2) is 4.39 Å². The number of hydrogen-bond donors (Lipinski definition) is 1. The fraction of sp³-hybridized carbons (Fsp3) is 0.600. The van der Waals surface area contributed by atoms with E-state index in [1.54, 1.807) is 0 Å². The average molecular weight is 272 g/mol. The second-order valence-electron chi connectivity index (χ2n) is 5.15. The molecule has 0 aromatic heterocycles. The van der Waals surface area contributed by atoms with Crippen LogP contribution in [0.3, 0.4) is 0 Å². The highest BCUT2D eigenvalue weighted by molar-refractivity contribution is 6.31. The molecule has 0 aliphatic carbocycles. The summed E-state index contributed by atoms with van der Waals surface area (Å²) >= 11 is 6.22. The van der Waals surface area contributed by atoms with E-state index in [1.807, 2.05) is 6.07 Å². The second-order valence-corrected chi connectivity index (χ2v) is 5.55. The molecule has 18 heavy (non-hydrogen) atoms. The van der Waals surface area contributed by atoms with E-state index >= 15 is 0 Å². The van der Waals surface area contributed by atoms with Crippen LogP contribution in [0.5, 0.6) is 0 Å². The fourth-order valence-corrected chi connectivity index (χ4v) is 2.66. The van der Waals surface area contributed by atoms with Gasteiger partial charge in [-0.1, -0.05) is 45.4 Å². The van der Waals surface area contributed by atoms with E-state index in [0.29, 0.717) is 11.1 Å². The van der Waals surface area contributed by atoms with Crippen molar-refractivity contribution >= 4 is 11.6 Å². The molecule has 1 rings (SSSR count). The minimum absolute atomic E-state index is 0.0188. The number of halogens is 2. The van der Waals surface area contributed by atoms with Crippen molar-refractivity contribution in [2.75, 3.05) is 6.54 Å². The molecule has 0 saturated carbocycles. The van der Waals surface area contributed by atoms with Crippen molar-refractivity contribution in [1.29, 1.82) is 0 Å². The van der Waals surface area contributed by atoms with Crippen molar-refractivity contribution in [3.8, 4) is 0 Å². The normalized spacial score (nSPS) is 12.2. The van der Waals surface area contributed by atoms with Gasteiger partial charge >= 0.3 is 0 Å². The molecular formula is C15H23ClFN. The Kier molecular flexibility index (Phi) is 5.61. The highest BCUT2D eigenvalue weighted by Crippen LogP contribution is 2.36. The van der Waals surface area contributed by atoms with Crippen molar-refractivity contribution < 1.29 is 4.39 Å². The maximum absolute atomic E-state index is 13.2. The molecule has 1 aromatic carbocycles. The summed E-state index contributed by atoms with van der Waals surface area (Å²) in [6, 6.07) is 5.16. The summed E-state index contributed by atoms with van der Waals surface area (Å²) in [6.07, 6.45) is 1.96. The molecule has 1 aromatic rings. The van der Waals surface area contributed by atoms with E-state index in [0.717, 1.165) is 24.9 Å². The first kappa shape index (κ1) is 15.5. The largest absolute Gasteiger partial charge is 0.314 e. The Balaban J connectivity index is 3.09. The zero-order chi connectivity index (χ0) is 13.8. The summed E-state index contributed by atoms with van der Waals surface area (Å²) in [5.74, 6) is -0.276. The van der Waals surface area contributed by atoms with Gasteiger partial charge < -0.3 is 5.32 Å². The molecule has 0 aliphatic heterocycles. The van der Waals surface area contributed by atoms with E-state index in [1.165, 1.54) is 12.1 Å². The van der Waals surface area contributed by atoms with Crippen LogP contribution in [0.2, 0.25) is 5.02 Å². The zero-order valence-electron chi connectivity index (χ0n) is 11.7. The SMILES string of the molecule is CCC(CC)(CNC(C)C)c1ccc(F)cc1Cl. The summed E-state index contributed by atoms with van der Waals surface area (Å²) in [5.41, 5.74) is 1.03. The Morgan fingerprint density at radius 1 is 1.28 bits per heavy atom. The Labute approximate surface area is 115 Å². The third-order valence-corrected chi connectivity index (χ3v) is 4.02. The predicted molar refractivity (Wildman–Crippen MR) is 76.8 cm³/mol. The summed E-state index contributed by atoms with van der Waals surface area (Å²) in [4.78, 5) is 0. The van der Waals surface area contributed by atoms with E-state index in [2.05, 4.69) is 33.0 Å². The summed E-state index contributed by atoms with van der Waals surface area (Å²) < 4.78 is 13.2. The van der Waals surface area contributed by atoms with Gasteiger partial charge in [0.05, 0.1) is 0 Å². The van der Waals surface area contributed by atoms with Crippen LogP contribution >= 0.6 is 11.6 Å². The molecule has 3 heteroatoms. The Morgan fingerprint density at radius 3 is 2.33 bits per heavy atom. The van der Waals surface area contributed by atoms with E-state index in [-0.39, 0.29) is 11.2 Å². The maximum atomic E-state index is 13.2. The number of nitrogens with one attached hydrogen (secondary N) is 1. The van der Waals surface area contributed by atoms with Crippen molar-refractivity contribution in [2.45, 2.75) is 52.0 Å². The van der Waals surface area contributed by atoms with Crippen LogP contribution in [0.4, 0.5) is 4.39 Å². The quantitative estimate of drug-likeness (QED) is 0.801.